The van der Waals surface area contributed by atoms with Crippen molar-refractivity contribution >= 4 is 22.7 Å². The van der Waals surface area contributed by atoms with Gasteiger partial charge in [-0.15, -0.1) is 0 Å². The Morgan fingerprint density at radius 1 is 1.29 bits per heavy atom. The predicted molar refractivity (Wildman–Crippen MR) is 82.7 cm³/mol. The Morgan fingerprint density at radius 2 is 2.10 bits per heavy atom. The number of aromatic nitrogens is 4. The Bertz CT molecular complexity index is 765. The Labute approximate surface area is 122 Å². The van der Waals surface area contributed by atoms with Gasteiger partial charge in [-0.05, 0) is 12.1 Å². The van der Waals surface area contributed by atoms with Crippen LogP contribution in [0.3, 0.4) is 0 Å². The number of nitrogen functional groups attached to an aromatic ring is 1. The van der Waals surface area contributed by atoms with Crippen LogP contribution in [0.5, 0.6) is 0 Å². The molecule has 21 heavy (non-hydrogen) atoms. The minimum Gasteiger partial charge on any atom is -0.352 e. The average Bonchev–Trinajstić information content (AvgIpc) is 2.91. The van der Waals surface area contributed by atoms with Crippen molar-refractivity contribution in [1.29, 1.82) is 0 Å². The van der Waals surface area contributed by atoms with Gasteiger partial charge in [-0.3, -0.25) is 5.43 Å². The van der Waals surface area contributed by atoms with Crippen molar-refractivity contribution in [2.45, 2.75) is 6.54 Å². The third-order valence-corrected chi connectivity index (χ3v) is 3.37. The molecule has 0 bridgehead atoms. The molecule has 108 valence electrons. The Morgan fingerprint density at radius 3 is 2.81 bits per heavy atom. The molecule has 0 aliphatic carbocycles. The maximum atomic E-state index is 5.46. The third kappa shape index (κ3) is 2.50. The lowest BCUT2D eigenvalue weighted by atomic mass is 10.2. The number of hydrogen-bond donors (Lipinski definition) is 2. The van der Waals surface area contributed by atoms with Crippen LogP contribution < -0.4 is 16.2 Å². The fraction of sp³-hybridized carbons (Fsp3) is 0.214. The third-order valence-electron chi connectivity index (χ3n) is 3.37. The second-order valence-corrected chi connectivity index (χ2v) is 4.84. The maximum Gasteiger partial charge on any atom is 0.239 e. The van der Waals surface area contributed by atoms with Crippen molar-refractivity contribution in [2.24, 2.45) is 12.9 Å². The zero-order valence-electron chi connectivity index (χ0n) is 12.0. The molecule has 1 aromatic carbocycles. The van der Waals surface area contributed by atoms with Crippen LogP contribution in [0.4, 0.5) is 11.8 Å². The summed E-state index contributed by atoms with van der Waals surface area (Å²) in [5.41, 5.74) is 3.36. The molecule has 0 amide bonds. The molecular formula is C14H17N7. The molecule has 3 rings (SSSR count). The summed E-state index contributed by atoms with van der Waals surface area (Å²) >= 11 is 0. The molecule has 7 nitrogen and oxygen atoms in total. The van der Waals surface area contributed by atoms with E-state index in [1.165, 1.54) is 0 Å². The van der Waals surface area contributed by atoms with Crippen LogP contribution in [-0.2, 0) is 13.6 Å². The molecule has 0 saturated carbocycles. The van der Waals surface area contributed by atoms with Gasteiger partial charge in [0, 0.05) is 31.9 Å². The van der Waals surface area contributed by atoms with E-state index in [1.807, 2.05) is 54.0 Å². The Kier molecular flexibility index (Phi) is 3.41. The minimum absolute atomic E-state index is 0.399. The SMILES string of the molecule is CN(Cc1nccn1C)c1nc(NN)nc2ccccc12. The first kappa shape index (κ1) is 13.3. The number of hydrogen-bond acceptors (Lipinski definition) is 6. The number of aryl methyl sites for hydroxylation is 1. The number of benzene rings is 1. The quantitative estimate of drug-likeness (QED) is 0.554. The van der Waals surface area contributed by atoms with E-state index < -0.39 is 0 Å². The maximum absolute atomic E-state index is 5.46. The van der Waals surface area contributed by atoms with Gasteiger partial charge in [-0.25, -0.2) is 15.8 Å². The second-order valence-electron chi connectivity index (χ2n) is 4.84. The number of nitrogens with two attached hydrogens (primary N) is 1. The highest BCUT2D eigenvalue weighted by molar-refractivity contribution is 5.90. The van der Waals surface area contributed by atoms with E-state index in [2.05, 4.69) is 20.4 Å². The largest absolute Gasteiger partial charge is 0.352 e. The van der Waals surface area contributed by atoms with Crippen molar-refractivity contribution in [3.63, 3.8) is 0 Å². The molecule has 0 unspecified atom stereocenters. The normalized spacial score (nSPS) is 10.8. The molecule has 0 saturated heterocycles. The van der Waals surface area contributed by atoms with E-state index in [0.717, 1.165) is 22.5 Å². The summed E-state index contributed by atoms with van der Waals surface area (Å²) in [4.78, 5) is 15.2. The lowest BCUT2D eigenvalue weighted by molar-refractivity contribution is 0.757. The van der Waals surface area contributed by atoms with E-state index in [9.17, 15) is 0 Å². The highest BCUT2D eigenvalue weighted by atomic mass is 15.3. The van der Waals surface area contributed by atoms with Gasteiger partial charge < -0.3 is 9.47 Å². The van der Waals surface area contributed by atoms with Crippen LogP contribution in [-0.4, -0.2) is 26.6 Å². The van der Waals surface area contributed by atoms with Crippen LogP contribution in [0, 0.1) is 0 Å². The molecule has 2 aromatic heterocycles. The lowest BCUT2D eigenvalue weighted by Gasteiger charge is -2.20. The molecule has 0 aliphatic rings. The first-order chi connectivity index (χ1) is 10.2. The van der Waals surface area contributed by atoms with Crippen LogP contribution in [0.2, 0.25) is 0 Å². The predicted octanol–water partition coefficient (Wildman–Crippen LogP) is 1.29. The van der Waals surface area contributed by atoms with E-state index >= 15 is 0 Å². The fourth-order valence-corrected chi connectivity index (χ4v) is 2.25. The van der Waals surface area contributed by atoms with Crippen molar-refractivity contribution < 1.29 is 0 Å². The van der Waals surface area contributed by atoms with Gasteiger partial charge in [-0.2, -0.15) is 4.98 Å². The van der Waals surface area contributed by atoms with Crippen molar-refractivity contribution in [3.8, 4) is 0 Å². The second kappa shape index (κ2) is 5.37. The summed E-state index contributed by atoms with van der Waals surface area (Å²) < 4.78 is 1.99. The number of nitrogens with one attached hydrogen (secondary N) is 1. The van der Waals surface area contributed by atoms with Gasteiger partial charge in [-0.1, -0.05) is 12.1 Å². The molecule has 0 spiro atoms. The van der Waals surface area contributed by atoms with E-state index in [4.69, 9.17) is 5.84 Å². The first-order valence-electron chi connectivity index (χ1n) is 6.60. The Hall–Kier alpha value is -2.67. The summed E-state index contributed by atoms with van der Waals surface area (Å²) in [6, 6.07) is 7.85. The number of hydrazine groups is 1. The molecular weight excluding hydrogens is 266 g/mol. The van der Waals surface area contributed by atoms with Crippen molar-refractivity contribution in [1.82, 2.24) is 19.5 Å². The number of nitrogens with zero attached hydrogens (tertiary/aromatic N) is 5. The van der Waals surface area contributed by atoms with E-state index in [0.29, 0.717) is 12.5 Å². The summed E-state index contributed by atoms with van der Waals surface area (Å²) in [5.74, 6) is 7.64. The van der Waals surface area contributed by atoms with Crippen LogP contribution in [0.25, 0.3) is 10.9 Å². The van der Waals surface area contributed by atoms with Gasteiger partial charge in [0.15, 0.2) is 0 Å². The van der Waals surface area contributed by atoms with Crippen LogP contribution in [0.1, 0.15) is 5.82 Å². The van der Waals surface area contributed by atoms with Gasteiger partial charge >= 0.3 is 0 Å². The summed E-state index contributed by atoms with van der Waals surface area (Å²) in [6.45, 7) is 0.647. The zero-order chi connectivity index (χ0) is 14.8. The molecule has 0 fully saturated rings. The molecule has 3 aromatic rings. The summed E-state index contributed by atoms with van der Waals surface area (Å²) in [7, 11) is 3.95. The average molecular weight is 283 g/mol. The number of para-hydroxylation sites is 1. The Balaban J connectivity index is 2.04. The standard InChI is InChI=1S/C14H17N7/c1-20-8-7-16-12(20)9-21(2)13-10-5-3-4-6-11(10)17-14(18-13)19-15/h3-8H,9,15H2,1-2H3,(H,17,18,19). The highest BCUT2D eigenvalue weighted by Crippen LogP contribution is 2.25. The van der Waals surface area contributed by atoms with E-state index in [-0.39, 0.29) is 0 Å². The molecule has 0 atom stereocenters. The first-order valence-corrected chi connectivity index (χ1v) is 6.60. The minimum atomic E-state index is 0.399. The van der Waals surface area contributed by atoms with Crippen molar-refractivity contribution in [2.75, 3.05) is 17.4 Å². The molecule has 3 N–H and O–H groups in total. The molecule has 2 heterocycles. The zero-order valence-corrected chi connectivity index (χ0v) is 12.0. The molecule has 0 aliphatic heterocycles. The molecule has 7 heteroatoms. The lowest BCUT2D eigenvalue weighted by Crippen LogP contribution is -2.22. The number of rotatable bonds is 4. The number of anilines is 2. The summed E-state index contributed by atoms with van der Waals surface area (Å²) in [5, 5.41) is 0.980. The molecule has 0 radical (unpaired) electrons. The van der Waals surface area contributed by atoms with Crippen molar-refractivity contribution in [3.05, 3.63) is 42.5 Å². The number of imidazole rings is 1. The van der Waals surface area contributed by atoms with Gasteiger partial charge in [0.1, 0.15) is 11.6 Å². The highest BCUT2D eigenvalue weighted by Gasteiger charge is 2.13. The number of fused-ring (bicyclic) bond motifs is 1. The fourth-order valence-electron chi connectivity index (χ4n) is 2.25. The van der Waals surface area contributed by atoms with Gasteiger partial charge in [0.05, 0.1) is 12.1 Å². The van der Waals surface area contributed by atoms with Crippen LogP contribution >= 0.6 is 0 Å². The smallest absolute Gasteiger partial charge is 0.239 e. The topological polar surface area (TPSA) is 84.9 Å². The van der Waals surface area contributed by atoms with Gasteiger partial charge in [0.25, 0.3) is 0 Å². The van der Waals surface area contributed by atoms with E-state index in [1.54, 1.807) is 6.20 Å². The van der Waals surface area contributed by atoms with Crippen LogP contribution in [0.15, 0.2) is 36.7 Å². The summed E-state index contributed by atoms with van der Waals surface area (Å²) in [6.07, 6.45) is 3.71. The van der Waals surface area contributed by atoms with Gasteiger partial charge in [0.2, 0.25) is 5.95 Å². The monoisotopic (exact) mass is 283 g/mol.